The molecule has 0 aliphatic carbocycles. The summed E-state index contributed by atoms with van der Waals surface area (Å²) >= 11 is 5.81. The summed E-state index contributed by atoms with van der Waals surface area (Å²) in [5.74, 6) is 0.0623. The van der Waals surface area contributed by atoms with Crippen LogP contribution in [0.25, 0.3) is 11.0 Å². The maximum absolute atomic E-state index is 14.0. The van der Waals surface area contributed by atoms with Gasteiger partial charge in [-0.3, -0.25) is 4.90 Å². The zero-order chi connectivity index (χ0) is 35.0. The summed E-state index contributed by atoms with van der Waals surface area (Å²) in [6.07, 6.45) is 2.78. The van der Waals surface area contributed by atoms with Gasteiger partial charge in [0.05, 0.1) is 66.8 Å². The van der Waals surface area contributed by atoms with Crippen molar-refractivity contribution in [3.05, 3.63) is 82.5 Å². The van der Waals surface area contributed by atoms with E-state index in [2.05, 4.69) is 14.5 Å². The van der Waals surface area contributed by atoms with Crippen LogP contribution in [0.4, 0.5) is 4.39 Å². The number of imidazole rings is 1. The molecule has 0 amide bonds. The highest BCUT2D eigenvalue weighted by Crippen LogP contribution is 2.26. The number of aromatic nitrogens is 3. The van der Waals surface area contributed by atoms with Crippen LogP contribution in [0.3, 0.4) is 0 Å². The van der Waals surface area contributed by atoms with Gasteiger partial charge >= 0.3 is 5.97 Å². The quantitative estimate of drug-likeness (QED) is 0.137. The zero-order valence-corrected chi connectivity index (χ0v) is 27.6. The summed E-state index contributed by atoms with van der Waals surface area (Å²) in [6.45, 7) is 2.62. The van der Waals surface area contributed by atoms with E-state index in [0.29, 0.717) is 29.7 Å². The highest BCUT2D eigenvalue weighted by atomic mass is 35.5. The van der Waals surface area contributed by atoms with E-state index in [1.807, 2.05) is 18.2 Å². The smallest absolute Gasteiger partial charge is 0.335 e. The molecule has 2 saturated heterocycles. The van der Waals surface area contributed by atoms with Gasteiger partial charge in [0.2, 0.25) is 5.88 Å². The minimum absolute atomic E-state index is 0.0175. The number of aliphatic hydroxyl groups excluding tert-OH is 3. The molecule has 2 fully saturated rings. The fourth-order valence-corrected chi connectivity index (χ4v) is 5.47. The fourth-order valence-electron chi connectivity index (χ4n) is 5.32. The van der Waals surface area contributed by atoms with E-state index < -0.39 is 37.1 Å². The molecule has 4 heterocycles. The van der Waals surface area contributed by atoms with Crippen LogP contribution in [-0.4, -0.2) is 103 Å². The Bertz CT molecular complexity index is 1700. The second kappa shape index (κ2) is 16.7. The number of aromatic carboxylic acids is 1. The molecule has 2 aliphatic rings. The Morgan fingerprint density at radius 1 is 1.04 bits per heavy atom. The van der Waals surface area contributed by atoms with Gasteiger partial charge in [-0.2, -0.15) is 0 Å². The molecule has 264 valence electrons. The van der Waals surface area contributed by atoms with Gasteiger partial charge in [0.15, 0.2) is 11.6 Å². The van der Waals surface area contributed by atoms with Crippen molar-refractivity contribution >= 4 is 28.6 Å². The number of piperidine rings is 1. The predicted molar refractivity (Wildman–Crippen MR) is 178 cm³/mol. The lowest BCUT2D eigenvalue weighted by atomic mass is 10.1. The molecule has 2 aromatic carbocycles. The maximum Gasteiger partial charge on any atom is 0.335 e. The minimum Gasteiger partial charge on any atom is -0.484 e. The van der Waals surface area contributed by atoms with Crippen LogP contribution in [0.5, 0.6) is 11.6 Å². The lowest BCUT2D eigenvalue weighted by Gasteiger charge is -2.32. The molecule has 0 bridgehead atoms. The highest BCUT2D eigenvalue weighted by molar-refractivity contribution is 6.30. The number of nitrogens with zero attached hydrogens (tertiary/aromatic N) is 4. The van der Waals surface area contributed by atoms with Crippen molar-refractivity contribution in [2.75, 3.05) is 39.5 Å². The number of rotatable bonds is 13. The summed E-state index contributed by atoms with van der Waals surface area (Å²) < 4.78 is 33.6. The standard InChI is InChI=1S/C30H30ClFN4O5.C4H11NO3/c31-20-5-7-27(24(32)15-20)40-18-21-2-1-3-29(33-21)41-22-8-11-35(12-9-22)17-28-34-25-6-4-19(30(37)38)14-26(25)36(28)16-23-10-13-39-23;5-4(1-6,2-7)3-8/h1-7,14-15,22-23H,8-13,16-18H2,(H,37,38);6-8H,1-3,5H2/t23-;/m0./s1. The molecule has 2 aromatic heterocycles. The summed E-state index contributed by atoms with van der Waals surface area (Å²) in [5, 5.41) is 34.8. The number of carboxylic acid groups (broad SMARTS) is 1. The molecule has 15 heteroatoms. The number of nitrogens with two attached hydrogens (primary N) is 1. The Balaban J connectivity index is 0.000000523. The number of benzene rings is 2. The summed E-state index contributed by atoms with van der Waals surface area (Å²) in [6, 6.07) is 14.8. The number of hydrogen-bond donors (Lipinski definition) is 5. The Morgan fingerprint density at radius 3 is 2.39 bits per heavy atom. The van der Waals surface area contributed by atoms with E-state index in [1.165, 1.54) is 12.1 Å². The maximum atomic E-state index is 14.0. The average molecular weight is 702 g/mol. The van der Waals surface area contributed by atoms with Crippen molar-refractivity contribution in [2.24, 2.45) is 5.73 Å². The molecule has 4 aromatic rings. The highest BCUT2D eigenvalue weighted by Gasteiger charge is 2.26. The molecular weight excluding hydrogens is 661 g/mol. The molecule has 0 saturated carbocycles. The zero-order valence-electron chi connectivity index (χ0n) is 26.9. The van der Waals surface area contributed by atoms with E-state index in [-0.39, 0.29) is 30.1 Å². The summed E-state index contributed by atoms with van der Waals surface area (Å²) in [4.78, 5) is 23.3. The first-order chi connectivity index (χ1) is 23.6. The number of aliphatic hydroxyl groups is 3. The Morgan fingerprint density at radius 2 is 1.78 bits per heavy atom. The van der Waals surface area contributed by atoms with Crippen molar-refractivity contribution in [1.82, 2.24) is 19.4 Å². The average Bonchev–Trinajstić information content (AvgIpc) is 3.42. The second-order valence-corrected chi connectivity index (χ2v) is 12.6. The number of halogens is 2. The van der Waals surface area contributed by atoms with Gasteiger partial charge < -0.3 is 44.9 Å². The van der Waals surface area contributed by atoms with Crippen molar-refractivity contribution in [3.63, 3.8) is 0 Å². The number of likely N-dealkylation sites (tertiary alicyclic amines) is 1. The first-order valence-electron chi connectivity index (χ1n) is 16.0. The number of carboxylic acids is 1. The van der Waals surface area contributed by atoms with Crippen molar-refractivity contribution in [2.45, 2.75) is 56.7 Å². The lowest BCUT2D eigenvalue weighted by Crippen LogP contribution is -2.50. The van der Waals surface area contributed by atoms with Crippen LogP contribution in [0.1, 0.15) is 41.1 Å². The number of ether oxygens (including phenoxy) is 3. The molecule has 0 radical (unpaired) electrons. The van der Waals surface area contributed by atoms with E-state index >= 15 is 0 Å². The molecule has 13 nitrogen and oxygen atoms in total. The topological polar surface area (TPSA) is 186 Å². The number of fused-ring (bicyclic) bond motifs is 1. The van der Waals surface area contributed by atoms with Gasteiger partial charge in [-0.1, -0.05) is 17.7 Å². The molecule has 6 N–H and O–H groups in total. The molecule has 49 heavy (non-hydrogen) atoms. The normalized spacial score (nSPS) is 16.9. The van der Waals surface area contributed by atoms with E-state index in [0.717, 1.165) is 55.8 Å². The lowest BCUT2D eigenvalue weighted by molar-refractivity contribution is -0.0592. The van der Waals surface area contributed by atoms with Crippen LogP contribution < -0.4 is 15.2 Å². The second-order valence-electron chi connectivity index (χ2n) is 12.2. The molecule has 0 unspecified atom stereocenters. The van der Waals surface area contributed by atoms with Gasteiger partial charge in [0.25, 0.3) is 0 Å². The summed E-state index contributed by atoms with van der Waals surface area (Å²) in [5.41, 5.74) is 6.43. The Labute approximate surface area is 287 Å². The SMILES string of the molecule is NC(CO)(CO)CO.O=C(O)c1ccc2nc(CN3CCC(Oc4cccc(COc5ccc(Cl)cc5F)n4)CC3)n(C[C@@H]3CCO3)c2c1. The molecule has 6 rings (SSSR count). The van der Waals surface area contributed by atoms with E-state index in [1.54, 1.807) is 24.3 Å². The molecular formula is C34H41ClFN5O8. The molecule has 2 aliphatic heterocycles. The largest absolute Gasteiger partial charge is 0.484 e. The molecule has 0 spiro atoms. The van der Waals surface area contributed by atoms with Crippen molar-refractivity contribution in [3.8, 4) is 11.6 Å². The van der Waals surface area contributed by atoms with E-state index in [4.69, 9.17) is 51.8 Å². The first-order valence-corrected chi connectivity index (χ1v) is 16.4. The van der Waals surface area contributed by atoms with Gasteiger partial charge in [-0.05, 0) is 61.7 Å². The van der Waals surface area contributed by atoms with Gasteiger partial charge in [0.1, 0.15) is 18.5 Å². The number of carbonyl (C=O) groups is 1. The monoisotopic (exact) mass is 701 g/mol. The van der Waals surface area contributed by atoms with Gasteiger partial charge in [-0.15, -0.1) is 0 Å². The summed E-state index contributed by atoms with van der Waals surface area (Å²) in [7, 11) is 0. The van der Waals surface area contributed by atoms with Gasteiger partial charge in [0, 0.05) is 30.8 Å². The van der Waals surface area contributed by atoms with Crippen molar-refractivity contribution < 1.29 is 43.8 Å². The minimum atomic E-state index is -1.21. The fraction of sp³-hybridized carbons (Fsp3) is 0.441. The third kappa shape index (κ3) is 9.63. The molecule has 1 atom stereocenters. The Hall–Kier alpha value is -3.89. The number of hydrogen-bond acceptors (Lipinski definition) is 11. The Kier molecular flexibility index (Phi) is 12.4. The van der Waals surface area contributed by atoms with Crippen LogP contribution in [0, 0.1) is 5.82 Å². The first kappa shape index (κ1) is 36.4. The van der Waals surface area contributed by atoms with Gasteiger partial charge in [-0.25, -0.2) is 19.2 Å². The third-order valence-corrected chi connectivity index (χ3v) is 8.67. The van der Waals surface area contributed by atoms with Crippen LogP contribution in [-0.2, 0) is 24.4 Å². The predicted octanol–water partition coefficient (Wildman–Crippen LogP) is 2.99. The van der Waals surface area contributed by atoms with Crippen LogP contribution in [0.15, 0.2) is 54.6 Å². The van der Waals surface area contributed by atoms with Crippen LogP contribution in [0.2, 0.25) is 5.02 Å². The number of pyridine rings is 1. The van der Waals surface area contributed by atoms with Crippen LogP contribution >= 0.6 is 11.6 Å². The van der Waals surface area contributed by atoms with E-state index in [9.17, 15) is 14.3 Å². The van der Waals surface area contributed by atoms with Crippen molar-refractivity contribution in [1.29, 1.82) is 0 Å². The third-order valence-electron chi connectivity index (χ3n) is 8.44.